The summed E-state index contributed by atoms with van der Waals surface area (Å²) in [7, 11) is -3.71. The molecule has 152 valence electrons. The van der Waals surface area contributed by atoms with Gasteiger partial charge in [0, 0.05) is 23.7 Å². The molecular formula is C21H21ClN2O4S. The number of rotatable bonds is 8. The summed E-state index contributed by atoms with van der Waals surface area (Å²) in [4.78, 5) is 14.6. The van der Waals surface area contributed by atoms with Gasteiger partial charge in [0.15, 0.2) is 0 Å². The standard InChI is InChI=1S/C21H21ClN2O4S/c1-2-24(15-16-5-3-6-18(22)13-16)21(25)17-8-10-20(11-9-17)29(26,27)23-14-19-7-4-12-28-19/h3-13,23H,2,14-15H2,1H3. The highest BCUT2D eigenvalue weighted by molar-refractivity contribution is 7.89. The Morgan fingerprint density at radius 1 is 1.10 bits per heavy atom. The van der Waals surface area contributed by atoms with Crippen molar-refractivity contribution in [1.82, 2.24) is 9.62 Å². The number of hydrogen-bond donors (Lipinski definition) is 1. The molecule has 0 spiro atoms. The molecule has 6 nitrogen and oxygen atoms in total. The van der Waals surface area contributed by atoms with Crippen LogP contribution in [0.3, 0.4) is 0 Å². The summed E-state index contributed by atoms with van der Waals surface area (Å²) in [6, 6.07) is 16.6. The van der Waals surface area contributed by atoms with Crippen LogP contribution in [0.25, 0.3) is 0 Å². The number of nitrogens with one attached hydrogen (secondary N) is 1. The zero-order chi connectivity index (χ0) is 20.9. The van der Waals surface area contributed by atoms with Crippen LogP contribution in [0, 0.1) is 0 Å². The third kappa shape index (κ3) is 5.47. The minimum atomic E-state index is -3.71. The number of carbonyl (C=O) groups is 1. The summed E-state index contributed by atoms with van der Waals surface area (Å²) in [5.41, 5.74) is 1.34. The Kier molecular flexibility index (Phi) is 6.74. The second-order valence-electron chi connectivity index (χ2n) is 6.38. The van der Waals surface area contributed by atoms with E-state index in [2.05, 4.69) is 4.72 Å². The summed E-state index contributed by atoms with van der Waals surface area (Å²) < 4.78 is 32.4. The molecule has 1 N–H and O–H groups in total. The summed E-state index contributed by atoms with van der Waals surface area (Å²) in [5.74, 6) is 0.333. The van der Waals surface area contributed by atoms with E-state index in [1.165, 1.54) is 30.5 Å². The largest absolute Gasteiger partial charge is 0.468 e. The zero-order valence-corrected chi connectivity index (χ0v) is 17.4. The summed E-state index contributed by atoms with van der Waals surface area (Å²) in [6.07, 6.45) is 1.48. The smallest absolute Gasteiger partial charge is 0.254 e. The average molecular weight is 433 g/mol. The highest BCUT2D eigenvalue weighted by atomic mass is 35.5. The lowest BCUT2D eigenvalue weighted by atomic mass is 10.1. The molecule has 0 unspecified atom stereocenters. The number of halogens is 1. The fourth-order valence-electron chi connectivity index (χ4n) is 2.80. The van der Waals surface area contributed by atoms with E-state index in [0.717, 1.165) is 5.56 Å². The molecule has 0 aliphatic carbocycles. The highest BCUT2D eigenvalue weighted by Crippen LogP contribution is 2.16. The third-order valence-corrected chi connectivity index (χ3v) is 6.01. The van der Waals surface area contributed by atoms with Gasteiger partial charge in [0.05, 0.1) is 17.7 Å². The molecule has 0 aliphatic rings. The molecule has 8 heteroatoms. The van der Waals surface area contributed by atoms with Gasteiger partial charge in [0.1, 0.15) is 5.76 Å². The van der Waals surface area contributed by atoms with Crippen LogP contribution in [0.1, 0.15) is 28.6 Å². The van der Waals surface area contributed by atoms with Crippen LogP contribution in [0.15, 0.2) is 76.2 Å². The Morgan fingerprint density at radius 2 is 1.86 bits per heavy atom. The van der Waals surface area contributed by atoms with Crippen molar-refractivity contribution in [1.29, 1.82) is 0 Å². The minimum Gasteiger partial charge on any atom is -0.468 e. The second kappa shape index (κ2) is 9.26. The van der Waals surface area contributed by atoms with Crippen molar-refractivity contribution >= 4 is 27.5 Å². The van der Waals surface area contributed by atoms with E-state index in [9.17, 15) is 13.2 Å². The van der Waals surface area contributed by atoms with Gasteiger partial charge in [-0.05, 0) is 61.0 Å². The van der Waals surface area contributed by atoms with Crippen molar-refractivity contribution < 1.29 is 17.6 Å². The number of sulfonamides is 1. The lowest BCUT2D eigenvalue weighted by Crippen LogP contribution is -2.30. The molecule has 1 aromatic heterocycles. The first-order chi connectivity index (χ1) is 13.9. The third-order valence-electron chi connectivity index (χ3n) is 4.36. The maximum Gasteiger partial charge on any atom is 0.254 e. The van der Waals surface area contributed by atoms with E-state index in [1.807, 2.05) is 25.1 Å². The zero-order valence-electron chi connectivity index (χ0n) is 15.8. The van der Waals surface area contributed by atoms with E-state index in [0.29, 0.717) is 29.4 Å². The minimum absolute atomic E-state index is 0.0548. The Balaban J connectivity index is 1.69. The van der Waals surface area contributed by atoms with Crippen molar-refractivity contribution in [3.8, 4) is 0 Å². The normalized spacial score (nSPS) is 11.4. The summed E-state index contributed by atoms with van der Waals surface area (Å²) >= 11 is 6.01. The average Bonchev–Trinajstić information content (AvgIpc) is 3.24. The number of hydrogen-bond acceptors (Lipinski definition) is 4. The van der Waals surface area contributed by atoms with Crippen LogP contribution in [0.4, 0.5) is 0 Å². The summed E-state index contributed by atoms with van der Waals surface area (Å²) in [6.45, 7) is 2.87. The van der Waals surface area contributed by atoms with Crippen LogP contribution < -0.4 is 4.72 Å². The van der Waals surface area contributed by atoms with Crippen molar-refractivity contribution in [2.75, 3.05) is 6.54 Å². The molecule has 0 aliphatic heterocycles. The predicted octanol–water partition coefficient (Wildman–Crippen LogP) is 4.07. The van der Waals surface area contributed by atoms with Gasteiger partial charge in [0.2, 0.25) is 10.0 Å². The maximum absolute atomic E-state index is 12.8. The SMILES string of the molecule is CCN(Cc1cccc(Cl)c1)C(=O)c1ccc(S(=O)(=O)NCc2ccco2)cc1. The second-order valence-corrected chi connectivity index (χ2v) is 8.58. The predicted molar refractivity (Wildman–Crippen MR) is 111 cm³/mol. The molecule has 1 heterocycles. The van der Waals surface area contributed by atoms with Gasteiger partial charge in [-0.1, -0.05) is 23.7 Å². The van der Waals surface area contributed by atoms with E-state index < -0.39 is 10.0 Å². The van der Waals surface area contributed by atoms with Crippen LogP contribution in [-0.2, 0) is 23.1 Å². The van der Waals surface area contributed by atoms with Gasteiger partial charge in [-0.2, -0.15) is 0 Å². The van der Waals surface area contributed by atoms with E-state index in [1.54, 1.807) is 23.1 Å². The van der Waals surface area contributed by atoms with Crippen molar-refractivity contribution in [3.63, 3.8) is 0 Å². The molecule has 0 saturated carbocycles. The fourth-order valence-corrected chi connectivity index (χ4v) is 4.01. The van der Waals surface area contributed by atoms with Crippen molar-refractivity contribution in [2.24, 2.45) is 0 Å². The molecule has 1 amide bonds. The van der Waals surface area contributed by atoms with E-state index in [4.69, 9.17) is 16.0 Å². The molecule has 0 fully saturated rings. The molecule has 2 aromatic carbocycles. The molecule has 3 rings (SSSR count). The lowest BCUT2D eigenvalue weighted by Gasteiger charge is -2.21. The first kappa shape index (κ1) is 21.1. The molecule has 0 saturated heterocycles. The first-order valence-corrected chi connectivity index (χ1v) is 10.9. The van der Waals surface area contributed by atoms with E-state index >= 15 is 0 Å². The van der Waals surface area contributed by atoms with Gasteiger partial charge < -0.3 is 9.32 Å². The Morgan fingerprint density at radius 3 is 2.48 bits per heavy atom. The lowest BCUT2D eigenvalue weighted by molar-refractivity contribution is 0.0752. The van der Waals surface area contributed by atoms with Crippen molar-refractivity contribution in [2.45, 2.75) is 24.9 Å². The number of carbonyl (C=O) groups excluding carboxylic acids is 1. The molecule has 3 aromatic rings. The number of amides is 1. The Hall–Kier alpha value is -2.61. The fraction of sp³-hybridized carbons (Fsp3) is 0.190. The molecule has 0 atom stereocenters. The van der Waals surface area contributed by atoms with Gasteiger partial charge in [-0.15, -0.1) is 0 Å². The number of benzene rings is 2. The van der Waals surface area contributed by atoms with Crippen LogP contribution in [0.2, 0.25) is 5.02 Å². The van der Waals surface area contributed by atoms with Crippen molar-refractivity contribution in [3.05, 3.63) is 88.8 Å². The topological polar surface area (TPSA) is 79.6 Å². The van der Waals surface area contributed by atoms with Gasteiger partial charge in [-0.25, -0.2) is 13.1 Å². The molecule has 0 radical (unpaired) electrons. The monoisotopic (exact) mass is 432 g/mol. The molecular weight excluding hydrogens is 412 g/mol. The maximum atomic E-state index is 12.8. The van der Waals surface area contributed by atoms with Crippen LogP contribution in [-0.4, -0.2) is 25.8 Å². The van der Waals surface area contributed by atoms with Gasteiger partial charge in [0.25, 0.3) is 5.91 Å². The quantitative estimate of drug-likeness (QED) is 0.581. The van der Waals surface area contributed by atoms with Crippen LogP contribution >= 0.6 is 11.6 Å². The summed E-state index contributed by atoms with van der Waals surface area (Å²) in [5, 5.41) is 0.614. The first-order valence-electron chi connectivity index (χ1n) is 9.05. The van der Waals surface area contributed by atoms with Gasteiger partial charge >= 0.3 is 0 Å². The molecule has 29 heavy (non-hydrogen) atoms. The number of furan rings is 1. The van der Waals surface area contributed by atoms with Crippen LogP contribution in [0.5, 0.6) is 0 Å². The highest BCUT2D eigenvalue weighted by Gasteiger charge is 2.18. The van der Waals surface area contributed by atoms with Gasteiger partial charge in [-0.3, -0.25) is 4.79 Å². The van der Waals surface area contributed by atoms with E-state index in [-0.39, 0.29) is 17.3 Å². The number of nitrogens with zero attached hydrogens (tertiary/aromatic N) is 1. The Bertz CT molecular complexity index is 1060. The Labute approximate surface area is 175 Å². The molecule has 0 bridgehead atoms.